The molecule has 2 atom stereocenters. The summed E-state index contributed by atoms with van der Waals surface area (Å²) in [6.45, 7) is 4.41. The highest BCUT2D eigenvalue weighted by atomic mass is 35.5. The minimum atomic E-state index is -0.140. The molecule has 1 aromatic carbocycles. The standard InChI is InChI=1S/C13H16ClF/c1-8(2)6-9-7-10(9)13-11(14)4-3-5-12(13)15/h3-5,8-10H,6-7H2,1-2H3. The Bertz CT molecular complexity index is 339. The molecule has 82 valence electrons. The van der Waals surface area contributed by atoms with Gasteiger partial charge in [0.15, 0.2) is 0 Å². The van der Waals surface area contributed by atoms with E-state index in [-0.39, 0.29) is 5.82 Å². The lowest BCUT2D eigenvalue weighted by atomic mass is 10.0. The molecule has 0 aromatic heterocycles. The van der Waals surface area contributed by atoms with Crippen LogP contribution in [0.3, 0.4) is 0 Å². The Labute approximate surface area is 95.4 Å². The summed E-state index contributed by atoms with van der Waals surface area (Å²) in [6, 6.07) is 4.96. The SMILES string of the molecule is CC(C)CC1CC1c1c(F)cccc1Cl. The van der Waals surface area contributed by atoms with Crippen molar-refractivity contribution < 1.29 is 4.39 Å². The lowest BCUT2D eigenvalue weighted by molar-refractivity contribution is 0.526. The zero-order chi connectivity index (χ0) is 11.0. The quantitative estimate of drug-likeness (QED) is 0.705. The fourth-order valence-corrected chi connectivity index (χ4v) is 2.64. The van der Waals surface area contributed by atoms with Gasteiger partial charge in [-0.05, 0) is 42.7 Å². The average molecular weight is 227 g/mol. The number of hydrogen-bond acceptors (Lipinski definition) is 0. The van der Waals surface area contributed by atoms with Crippen LogP contribution in [0.4, 0.5) is 4.39 Å². The van der Waals surface area contributed by atoms with Gasteiger partial charge in [-0.3, -0.25) is 0 Å². The van der Waals surface area contributed by atoms with Gasteiger partial charge in [0.25, 0.3) is 0 Å². The zero-order valence-electron chi connectivity index (χ0n) is 9.13. The second kappa shape index (κ2) is 4.13. The molecule has 1 aromatic rings. The van der Waals surface area contributed by atoms with E-state index in [1.165, 1.54) is 12.5 Å². The first-order valence-electron chi connectivity index (χ1n) is 5.53. The molecule has 0 nitrogen and oxygen atoms in total. The molecule has 1 fully saturated rings. The molecule has 1 aliphatic rings. The molecule has 1 saturated carbocycles. The lowest BCUT2D eigenvalue weighted by Crippen LogP contribution is -1.94. The van der Waals surface area contributed by atoms with Crippen LogP contribution in [-0.2, 0) is 0 Å². The summed E-state index contributed by atoms with van der Waals surface area (Å²) in [5, 5.41) is 0.589. The first-order valence-corrected chi connectivity index (χ1v) is 5.91. The van der Waals surface area contributed by atoms with Crippen molar-refractivity contribution in [3.8, 4) is 0 Å². The lowest BCUT2D eigenvalue weighted by Gasteiger charge is -2.06. The highest BCUT2D eigenvalue weighted by Gasteiger charge is 2.40. The normalized spacial score (nSPS) is 24.6. The monoisotopic (exact) mass is 226 g/mol. The number of rotatable bonds is 3. The maximum atomic E-state index is 13.6. The first-order chi connectivity index (χ1) is 7.09. The Morgan fingerprint density at radius 3 is 2.80 bits per heavy atom. The molecule has 0 amide bonds. The summed E-state index contributed by atoms with van der Waals surface area (Å²) < 4.78 is 13.6. The summed E-state index contributed by atoms with van der Waals surface area (Å²) >= 11 is 6.03. The summed E-state index contributed by atoms with van der Waals surface area (Å²) in [4.78, 5) is 0. The van der Waals surface area contributed by atoms with E-state index in [9.17, 15) is 4.39 Å². The van der Waals surface area contributed by atoms with E-state index in [0.717, 1.165) is 12.0 Å². The van der Waals surface area contributed by atoms with E-state index < -0.39 is 0 Å². The Kier molecular flexibility index (Phi) is 3.01. The predicted octanol–water partition coefficient (Wildman–Crippen LogP) is 4.63. The van der Waals surface area contributed by atoms with Gasteiger partial charge in [0, 0.05) is 10.6 Å². The Morgan fingerprint density at radius 1 is 1.47 bits per heavy atom. The fraction of sp³-hybridized carbons (Fsp3) is 0.538. The molecule has 0 radical (unpaired) electrons. The van der Waals surface area contributed by atoms with Crippen molar-refractivity contribution in [2.45, 2.75) is 32.6 Å². The highest BCUT2D eigenvalue weighted by molar-refractivity contribution is 6.31. The van der Waals surface area contributed by atoms with E-state index in [1.807, 2.05) is 0 Å². The van der Waals surface area contributed by atoms with Gasteiger partial charge in [-0.15, -0.1) is 0 Å². The van der Waals surface area contributed by atoms with Crippen LogP contribution in [0.2, 0.25) is 5.02 Å². The first kappa shape index (κ1) is 10.9. The van der Waals surface area contributed by atoms with Gasteiger partial charge in [0.2, 0.25) is 0 Å². The van der Waals surface area contributed by atoms with Gasteiger partial charge >= 0.3 is 0 Å². The second-order valence-electron chi connectivity index (χ2n) is 4.87. The maximum absolute atomic E-state index is 13.6. The van der Waals surface area contributed by atoms with Crippen LogP contribution in [0, 0.1) is 17.7 Å². The van der Waals surface area contributed by atoms with Gasteiger partial charge in [-0.1, -0.05) is 31.5 Å². The van der Waals surface area contributed by atoms with Crippen molar-refractivity contribution in [3.63, 3.8) is 0 Å². The minimum absolute atomic E-state index is 0.140. The molecular formula is C13H16ClF. The third-order valence-electron chi connectivity index (χ3n) is 3.07. The third-order valence-corrected chi connectivity index (χ3v) is 3.40. The smallest absolute Gasteiger partial charge is 0.128 e. The molecule has 2 unspecified atom stereocenters. The van der Waals surface area contributed by atoms with E-state index in [2.05, 4.69) is 13.8 Å². The molecule has 15 heavy (non-hydrogen) atoms. The molecule has 0 spiro atoms. The number of hydrogen-bond donors (Lipinski definition) is 0. The maximum Gasteiger partial charge on any atom is 0.128 e. The van der Waals surface area contributed by atoms with Crippen molar-refractivity contribution >= 4 is 11.6 Å². The van der Waals surface area contributed by atoms with E-state index in [1.54, 1.807) is 12.1 Å². The topological polar surface area (TPSA) is 0 Å². The molecule has 0 aliphatic heterocycles. The second-order valence-corrected chi connectivity index (χ2v) is 5.27. The van der Waals surface area contributed by atoms with Crippen LogP contribution in [-0.4, -0.2) is 0 Å². The molecule has 0 heterocycles. The van der Waals surface area contributed by atoms with Crippen molar-refractivity contribution in [1.29, 1.82) is 0 Å². The van der Waals surface area contributed by atoms with Gasteiger partial charge in [0.1, 0.15) is 5.82 Å². The average Bonchev–Trinajstić information content (AvgIpc) is 2.82. The highest BCUT2D eigenvalue weighted by Crippen LogP contribution is 2.53. The Hall–Kier alpha value is -0.560. The molecule has 1 aliphatic carbocycles. The molecular weight excluding hydrogens is 211 g/mol. The third kappa shape index (κ3) is 2.34. The van der Waals surface area contributed by atoms with Crippen molar-refractivity contribution in [1.82, 2.24) is 0 Å². The van der Waals surface area contributed by atoms with Gasteiger partial charge in [-0.2, -0.15) is 0 Å². The van der Waals surface area contributed by atoms with Gasteiger partial charge in [-0.25, -0.2) is 4.39 Å². The summed E-state index contributed by atoms with van der Waals surface area (Å²) in [7, 11) is 0. The summed E-state index contributed by atoms with van der Waals surface area (Å²) in [6.07, 6.45) is 2.27. The van der Waals surface area contributed by atoms with Gasteiger partial charge < -0.3 is 0 Å². The largest absolute Gasteiger partial charge is 0.207 e. The molecule has 2 rings (SSSR count). The molecule has 0 N–H and O–H groups in total. The van der Waals surface area contributed by atoms with Crippen molar-refractivity contribution in [2.75, 3.05) is 0 Å². The van der Waals surface area contributed by atoms with Gasteiger partial charge in [0.05, 0.1) is 0 Å². The summed E-state index contributed by atoms with van der Waals surface area (Å²) in [5.41, 5.74) is 0.741. The van der Waals surface area contributed by atoms with E-state index in [4.69, 9.17) is 11.6 Å². The molecule has 0 saturated heterocycles. The van der Waals surface area contributed by atoms with Crippen LogP contribution < -0.4 is 0 Å². The molecule has 0 bridgehead atoms. The Balaban J connectivity index is 2.13. The van der Waals surface area contributed by atoms with Crippen LogP contribution in [0.1, 0.15) is 38.2 Å². The van der Waals surface area contributed by atoms with Crippen LogP contribution in [0.5, 0.6) is 0 Å². The number of halogens is 2. The fourth-order valence-electron chi connectivity index (χ4n) is 2.33. The predicted molar refractivity (Wildman–Crippen MR) is 61.7 cm³/mol. The van der Waals surface area contributed by atoms with E-state index in [0.29, 0.717) is 22.8 Å². The van der Waals surface area contributed by atoms with Crippen LogP contribution >= 0.6 is 11.6 Å². The zero-order valence-corrected chi connectivity index (χ0v) is 9.89. The molecule has 2 heteroatoms. The number of benzene rings is 1. The van der Waals surface area contributed by atoms with Crippen LogP contribution in [0.25, 0.3) is 0 Å². The van der Waals surface area contributed by atoms with Crippen molar-refractivity contribution in [2.24, 2.45) is 11.8 Å². The van der Waals surface area contributed by atoms with Crippen molar-refractivity contribution in [3.05, 3.63) is 34.6 Å². The van der Waals surface area contributed by atoms with E-state index >= 15 is 0 Å². The Morgan fingerprint density at radius 2 is 2.20 bits per heavy atom. The van der Waals surface area contributed by atoms with Crippen LogP contribution in [0.15, 0.2) is 18.2 Å². The minimum Gasteiger partial charge on any atom is -0.207 e. The summed E-state index contributed by atoms with van der Waals surface area (Å²) in [5.74, 6) is 1.55.